The third-order valence-electron chi connectivity index (χ3n) is 5.65. The molecule has 3 rings (SSSR count). The summed E-state index contributed by atoms with van der Waals surface area (Å²) >= 11 is 3.43. The lowest BCUT2D eigenvalue weighted by atomic mass is 9.93. The minimum atomic E-state index is -4.14. The number of methoxy groups -OCH3 is 1. The molecule has 1 aliphatic heterocycles. The van der Waals surface area contributed by atoms with Crippen LogP contribution in [0, 0.1) is 11.9 Å². The van der Waals surface area contributed by atoms with Crippen LogP contribution in [-0.2, 0) is 14.8 Å². The molecule has 176 valence electrons. The van der Waals surface area contributed by atoms with Gasteiger partial charge in [0.05, 0.1) is 0 Å². The van der Waals surface area contributed by atoms with Gasteiger partial charge >= 0.3 is 0 Å². The predicted molar refractivity (Wildman–Crippen MR) is 124 cm³/mol. The van der Waals surface area contributed by atoms with Crippen LogP contribution in [0.3, 0.4) is 0 Å². The molecule has 3 N–H and O–H groups in total. The number of aromatic nitrogens is 2. The highest BCUT2D eigenvalue weighted by Crippen LogP contribution is 2.41. The van der Waals surface area contributed by atoms with Crippen LogP contribution in [0.1, 0.15) is 44.9 Å². The first-order valence-electron chi connectivity index (χ1n) is 10.4. The minimum Gasteiger partial charge on any atom is -0.361 e. The average molecular weight is 530 g/mol. The van der Waals surface area contributed by atoms with E-state index in [0.717, 1.165) is 31.9 Å². The standard InChI is InChI=1S/C21H29BrFN5O3S/c1-21(2)12-14(6-5-11-24)13-28(21)19-15(9-10-16(22)25-19)20(31-3)27-32(29,30)18-8-4-7-17(23)26-18/h4,7-10,14,20,27H,5-6,11-13,24H2,1-3H3/t14-,20?/m0/s1. The number of halogens is 2. The van der Waals surface area contributed by atoms with Crippen LogP contribution in [0.2, 0.25) is 0 Å². The van der Waals surface area contributed by atoms with Gasteiger partial charge in [-0.05, 0) is 85.8 Å². The summed E-state index contributed by atoms with van der Waals surface area (Å²) in [5.41, 5.74) is 6.06. The molecular weight excluding hydrogens is 501 g/mol. The van der Waals surface area contributed by atoms with E-state index < -0.39 is 27.2 Å². The first-order valence-corrected chi connectivity index (χ1v) is 12.7. The maximum Gasteiger partial charge on any atom is 0.260 e. The number of nitrogens with two attached hydrogens (primary N) is 1. The van der Waals surface area contributed by atoms with E-state index in [-0.39, 0.29) is 5.54 Å². The summed E-state index contributed by atoms with van der Waals surface area (Å²) in [6.07, 6.45) is 1.90. The molecule has 0 saturated carbocycles. The zero-order valence-electron chi connectivity index (χ0n) is 18.4. The molecule has 1 aliphatic rings. The number of sulfonamides is 1. The van der Waals surface area contributed by atoms with Gasteiger partial charge in [-0.3, -0.25) is 0 Å². The van der Waals surface area contributed by atoms with Crippen molar-refractivity contribution in [2.24, 2.45) is 11.7 Å². The van der Waals surface area contributed by atoms with Gasteiger partial charge in [0.2, 0.25) is 5.95 Å². The van der Waals surface area contributed by atoms with Crippen molar-refractivity contribution in [3.8, 4) is 0 Å². The Morgan fingerprint density at radius 1 is 1.34 bits per heavy atom. The molecule has 0 amide bonds. The van der Waals surface area contributed by atoms with Crippen molar-refractivity contribution in [1.82, 2.24) is 14.7 Å². The summed E-state index contributed by atoms with van der Waals surface area (Å²) in [4.78, 5) is 10.4. The van der Waals surface area contributed by atoms with E-state index in [1.165, 1.54) is 19.2 Å². The zero-order valence-corrected chi connectivity index (χ0v) is 20.8. The number of anilines is 1. The van der Waals surface area contributed by atoms with Gasteiger partial charge in [-0.15, -0.1) is 0 Å². The molecule has 2 aromatic heterocycles. The maximum absolute atomic E-state index is 13.5. The molecule has 8 nitrogen and oxygen atoms in total. The number of ether oxygens (including phenoxy) is 1. The lowest BCUT2D eigenvalue weighted by molar-refractivity contribution is 0.0939. The number of nitrogens with one attached hydrogen (secondary N) is 1. The van der Waals surface area contributed by atoms with Crippen molar-refractivity contribution >= 4 is 31.8 Å². The molecule has 0 radical (unpaired) electrons. The van der Waals surface area contributed by atoms with Gasteiger partial charge in [0, 0.05) is 24.8 Å². The number of hydrogen-bond acceptors (Lipinski definition) is 7. The Labute approximate surface area is 196 Å². The van der Waals surface area contributed by atoms with E-state index in [9.17, 15) is 12.8 Å². The highest BCUT2D eigenvalue weighted by Gasteiger charge is 2.40. The van der Waals surface area contributed by atoms with Crippen LogP contribution in [-0.4, -0.2) is 44.1 Å². The van der Waals surface area contributed by atoms with Gasteiger partial charge in [-0.25, -0.2) is 18.4 Å². The van der Waals surface area contributed by atoms with Gasteiger partial charge in [-0.2, -0.15) is 9.11 Å². The molecular formula is C21H29BrFN5O3S. The lowest BCUT2D eigenvalue weighted by Crippen LogP contribution is -2.40. The number of rotatable bonds is 9. The fraction of sp³-hybridized carbons (Fsp3) is 0.524. The van der Waals surface area contributed by atoms with Crippen LogP contribution in [0.15, 0.2) is 40.0 Å². The Hall–Kier alpha value is -1.66. The van der Waals surface area contributed by atoms with E-state index in [1.807, 2.05) is 0 Å². The highest BCUT2D eigenvalue weighted by atomic mass is 79.9. The van der Waals surface area contributed by atoms with Crippen molar-refractivity contribution in [2.45, 2.75) is 49.9 Å². The molecule has 1 unspecified atom stereocenters. The van der Waals surface area contributed by atoms with E-state index in [0.29, 0.717) is 28.4 Å². The SMILES string of the molecule is COC(NS(=O)(=O)c1cccc(F)n1)c1ccc(Br)nc1N1C[C@@H](CCCN)CC1(C)C. The summed E-state index contributed by atoms with van der Waals surface area (Å²) < 4.78 is 47.8. The molecule has 1 saturated heterocycles. The fourth-order valence-electron chi connectivity index (χ4n) is 4.20. The van der Waals surface area contributed by atoms with Crippen molar-refractivity contribution in [3.63, 3.8) is 0 Å². The number of hydrogen-bond donors (Lipinski definition) is 2. The summed E-state index contributed by atoms with van der Waals surface area (Å²) in [6.45, 7) is 5.71. The molecule has 2 atom stereocenters. The first-order chi connectivity index (χ1) is 15.1. The molecule has 3 heterocycles. The van der Waals surface area contributed by atoms with Gasteiger partial charge in [0.1, 0.15) is 10.4 Å². The van der Waals surface area contributed by atoms with Gasteiger partial charge in [0.15, 0.2) is 11.3 Å². The fourth-order valence-corrected chi connectivity index (χ4v) is 5.59. The smallest absolute Gasteiger partial charge is 0.260 e. The molecule has 1 fully saturated rings. The zero-order chi connectivity index (χ0) is 23.5. The molecule has 0 bridgehead atoms. The van der Waals surface area contributed by atoms with Crippen LogP contribution >= 0.6 is 15.9 Å². The topological polar surface area (TPSA) is 110 Å². The van der Waals surface area contributed by atoms with Crippen LogP contribution in [0.5, 0.6) is 0 Å². The van der Waals surface area contributed by atoms with Crippen molar-refractivity contribution in [2.75, 3.05) is 25.1 Å². The summed E-state index contributed by atoms with van der Waals surface area (Å²) in [5.74, 6) is 0.202. The monoisotopic (exact) mass is 529 g/mol. The quantitative estimate of drug-likeness (QED) is 0.378. The third kappa shape index (κ3) is 5.63. The summed E-state index contributed by atoms with van der Waals surface area (Å²) in [5, 5.41) is -0.422. The first kappa shape index (κ1) is 25.0. The summed E-state index contributed by atoms with van der Waals surface area (Å²) in [7, 11) is -2.74. The van der Waals surface area contributed by atoms with E-state index in [1.54, 1.807) is 12.1 Å². The van der Waals surface area contributed by atoms with Gasteiger partial charge in [0.25, 0.3) is 10.0 Å². The minimum absolute atomic E-state index is 0.191. The molecule has 2 aromatic rings. The van der Waals surface area contributed by atoms with Crippen LogP contribution in [0.4, 0.5) is 10.2 Å². The Morgan fingerprint density at radius 2 is 2.09 bits per heavy atom. The number of nitrogens with zero attached hydrogens (tertiary/aromatic N) is 3. The Morgan fingerprint density at radius 3 is 2.75 bits per heavy atom. The molecule has 0 aromatic carbocycles. The average Bonchev–Trinajstić information content (AvgIpc) is 3.04. The second-order valence-electron chi connectivity index (χ2n) is 8.51. The second kappa shape index (κ2) is 10.1. The van der Waals surface area contributed by atoms with Crippen molar-refractivity contribution < 1.29 is 17.5 Å². The Kier molecular flexibility index (Phi) is 7.87. The van der Waals surface area contributed by atoms with Gasteiger partial charge in [-0.1, -0.05) is 6.07 Å². The van der Waals surface area contributed by atoms with E-state index in [4.69, 9.17) is 10.5 Å². The van der Waals surface area contributed by atoms with Gasteiger partial charge < -0.3 is 15.4 Å². The molecule has 0 aliphatic carbocycles. The highest BCUT2D eigenvalue weighted by molar-refractivity contribution is 9.10. The van der Waals surface area contributed by atoms with Crippen LogP contribution < -0.4 is 15.4 Å². The predicted octanol–water partition coefficient (Wildman–Crippen LogP) is 3.35. The normalized spacial score (nSPS) is 19.3. The van der Waals surface area contributed by atoms with E-state index >= 15 is 0 Å². The second-order valence-corrected chi connectivity index (χ2v) is 11.0. The van der Waals surface area contributed by atoms with Crippen LogP contribution in [0.25, 0.3) is 0 Å². The summed E-state index contributed by atoms with van der Waals surface area (Å²) in [6, 6.07) is 7.10. The third-order valence-corrected chi connectivity index (χ3v) is 7.39. The van der Waals surface area contributed by atoms with Crippen molar-refractivity contribution in [1.29, 1.82) is 0 Å². The van der Waals surface area contributed by atoms with E-state index in [2.05, 4.69) is 49.4 Å². The number of pyridine rings is 2. The largest absolute Gasteiger partial charge is 0.361 e. The van der Waals surface area contributed by atoms with Crippen molar-refractivity contribution in [3.05, 3.63) is 46.4 Å². The molecule has 11 heteroatoms. The lowest BCUT2D eigenvalue weighted by Gasteiger charge is -2.35. The maximum atomic E-state index is 13.5. The Balaban J connectivity index is 1.95. The Bertz CT molecular complexity index is 1050. The molecule has 32 heavy (non-hydrogen) atoms. The molecule has 0 spiro atoms.